The summed E-state index contributed by atoms with van der Waals surface area (Å²) in [6, 6.07) is -1.52. The van der Waals surface area contributed by atoms with Crippen LogP contribution in [0.3, 0.4) is 0 Å². The third kappa shape index (κ3) is 7.53. The van der Waals surface area contributed by atoms with Crippen LogP contribution in [-0.4, -0.2) is 54.2 Å². The third-order valence-corrected chi connectivity index (χ3v) is 3.36. The van der Waals surface area contributed by atoms with Crippen molar-refractivity contribution in [3.8, 4) is 0 Å². The standard InChI is InChI=1S/C14H26N2O5/c1-5-10(3)9-16(6-2)14(20)15-11(13(18)19)7-8-12(17)21-4/h10-11H,5-9H2,1-4H3,(H,15,20)(H,18,19)/t10?,11-/m0/s1. The van der Waals surface area contributed by atoms with Crippen LogP contribution in [0.2, 0.25) is 0 Å². The molecule has 0 aliphatic carbocycles. The summed E-state index contributed by atoms with van der Waals surface area (Å²) < 4.78 is 4.47. The molecule has 0 saturated carbocycles. The summed E-state index contributed by atoms with van der Waals surface area (Å²) in [6.07, 6.45) is 0.897. The summed E-state index contributed by atoms with van der Waals surface area (Å²) >= 11 is 0. The van der Waals surface area contributed by atoms with Crippen LogP contribution in [0.15, 0.2) is 0 Å². The van der Waals surface area contributed by atoms with Crippen LogP contribution in [0, 0.1) is 5.92 Å². The smallest absolute Gasteiger partial charge is 0.326 e. The van der Waals surface area contributed by atoms with E-state index in [4.69, 9.17) is 5.11 Å². The van der Waals surface area contributed by atoms with Gasteiger partial charge in [-0.25, -0.2) is 9.59 Å². The number of methoxy groups -OCH3 is 1. The number of amides is 2. The molecule has 2 atom stereocenters. The molecule has 2 N–H and O–H groups in total. The lowest BCUT2D eigenvalue weighted by atomic mass is 10.1. The van der Waals surface area contributed by atoms with Gasteiger partial charge in [-0.2, -0.15) is 0 Å². The molecule has 0 rings (SSSR count). The Kier molecular flexibility index (Phi) is 9.16. The highest BCUT2D eigenvalue weighted by Gasteiger charge is 2.24. The number of rotatable bonds is 9. The van der Waals surface area contributed by atoms with Crippen molar-refractivity contribution in [3.63, 3.8) is 0 Å². The van der Waals surface area contributed by atoms with E-state index in [0.29, 0.717) is 19.0 Å². The molecule has 0 aliphatic heterocycles. The minimum atomic E-state index is -1.16. The monoisotopic (exact) mass is 302 g/mol. The Balaban J connectivity index is 4.56. The number of hydrogen-bond acceptors (Lipinski definition) is 4. The number of ether oxygens (including phenoxy) is 1. The Morgan fingerprint density at radius 2 is 1.90 bits per heavy atom. The lowest BCUT2D eigenvalue weighted by molar-refractivity contribution is -0.142. The molecule has 0 bridgehead atoms. The Bertz CT molecular complexity index is 359. The van der Waals surface area contributed by atoms with Crippen molar-refractivity contribution in [2.24, 2.45) is 5.92 Å². The summed E-state index contributed by atoms with van der Waals surface area (Å²) in [5.41, 5.74) is 0. The third-order valence-electron chi connectivity index (χ3n) is 3.36. The van der Waals surface area contributed by atoms with Gasteiger partial charge in [0.05, 0.1) is 7.11 Å². The maximum absolute atomic E-state index is 12.1. The zero-order chi connectivity index (χ0) is 16.4. The molecule has 1 unspecified atom stereocenters. The Morgan fingerprint density at radius 3 is 2.33 bits per heavy atom. The van der Waals surface area contributed by atoms with E-state index in [0.717, 1.165) is 6.42 Å². The molecule has 7 heteroatoms. The number of nitrogens with zero attached hydrogens (tertiary/aromatic N) is 1. The van der Waals surface area contributed by atoms with Crippen LogP contribution < -0.4 is 5.32 Å². The van der Waals surface area contributed by atoms with Gasteiger partial charge in [-0.3, -0.25) is 4.79 Å². The molecule has 7 nitrogen and oxygen atoms in total. The van der Waals surface area contributed by atoms with Gasteiger partial charge in [-0.15, -0.1) is 0 Å². The molecule has 0 fully saturated rings. The fourth-order valence-electron chi connectivity index (χ4n) is 1.72. The van der Waals surface area contributed by atoms with Gasteiger partial charge in [0.25, 0.3) is 0 Å². The molecule has 0 aromatic rings. The second-order valence-corrected chi connectivity index (χ2v) is 5.01. The number of carboxylic acids is 1. The van der Waals surface area contributed by atoms with Gasteiger partial charge in [0.15, 0.2) is 0 Å². The highest BCUT2D eigenvalue weighted by molar-refractivity contribution is 5.83. The fourth-order valence-corrected chi connectivity index (χ4v) is 1.72. The summed E-state index contributed by atoms with van der Waals surface area (Å²) in [5, 5.41) is 11.6. The SMILES string of the molecule is CCC(C)CN(CC)C(=O)N[C@@H](CCC(=O)OC)C(=O)O. The highest BCUT2D eigenvalue weighted by atomic mass is 16.5. The van der Waals surface area contributed by atoms with Crippen LogP contribution in [0.5, 0.6) is 0 Å². The number of aliphatic carboxylic acids is 1. The minimum Gasteiger partial charge on any atom is -0.480 e. The molecule has 21 heavy (non-hydrogen) atoms. The summed E-state index contributed by atoms with van der Waals surface area (Å²) in [7, 11) is 1.24. The lowest BCUT2D eigenvalue weighted by Crippen LogP contribution is -2.49. The summed E-state index contributed by atoms with van der Waals surface area (Å²) in [4.78, 5) is 35.9. The normalized spacial score (nSPS) is 13.1. The predicted octanol–water partition coefficient (Wildman–Crippen LogP) is 1.47. The van der Waals surface area contributed by atoms with Gasteiger partial charge in [0, 0.05) is 19.5 Å². The Labute approximate surface area is 125 Å². The van der Waals surface area contributed by atoms with E-state index in [2.05, 4.69) is 10.1 Å². The highest BCUT2D eigenvalue weighted by Crippen LogP contribution is 2.06. The van der Waals surface area contributed by atoms with Crippen LogP contribution >= 0.6 is 0 Å². The van der Waals surface area contributed by atoms with Crippen molar-refractivity contribution < 1.29 is 24.2 Å². The number of urea groups is 1. The summed E-state index contributed by atoms with van der Waals surface area (Å²) in [5.74, 6) is -1.32. The molecule has 0 aliphatic rings. The topological polar surface area (TPSA) is 95.9 Å². The van der Waals surface area contributed by atoms with Crippen LogP contribution in [0.25, 0.3) is 0 Å². The number of hydrogen-bond donors (Lipinski definition) is 2. The van der Waals surface area contributed by atoms with Gasteiger partial charge < -0.3 is 20.1 Å². The van der Waals surface area contributed by atoms with Gasteiger partial charge in [0.1, 0.15) is 6.04 Å². The fraction of sp³-hybridized carbons (Fsp3) is 0.786. The molecule has 0 heterocycles. The zero-order valence-electron chi connectivity index (χ0n) is 13.2. The first kappa shape index (κ1) is 19.2. The van der Waals surface area contributed by atoms with E-state index in [1.165, 1.54) is 7.11 Å². The maximum atomic E-state index is 12.1. The minimum absolute atomic E-state index is 0.00856. The van der Waals surface area contributed by atoms with Gasteiger partial charge in [-0.05, 0) is 19.3 Å². The lowest BCUT2D eigenvalue weighted by Gasteiger charge is -2.26. The van der Waals surface area contributed by atoms with Gasteiger partial charge in [0.2, 0.25) is 0 Å². The number of nitrogens with one attached hydrogen (secondary N) is 1. The first-order valence-corrected chi connectivity index (χ1v) is 7.20. The first-order chi connectivity index (χ1) is 9.85. The number of carbonyl (C=O) groups is 3. The average Bonchev–Trinajstić information content (AvgIpc) is 2.47. The quantitative estimate of drug-likeness (QED) is 0.629. The van der Waals surface area contributed by atoms with Gasteiger partial charge in [-0.1, -0.05) is 20.3 Å². The van der Waals surface area contributed by atoms with Crippen LogP contribution in [-0.2, 0) is 14.3 Å². The van der Waals surface area contributed by atoms with E-state index in [-0.39, 0.29) is 12.8 Å². The molecular formula is C14H26N2O5. The number of esters is 1. The van der Waals surface area contributed by atoms with Gasteiger partial charge >= 0.3 is 18.0 Å². The molecule has 0 radical (unpaired) electrons. The molecule has 0 spiro atoms. The second kappa shape index (κ2) is 10.0. The average molecular weight is 302 g/mol. The Hall–Kier alpha value is -1.79. The number of carboxylic acid groups (broad SMARTS) is 1. The zero-order valence-corrected chi connectivity index (χ0v) is 13.2. The van der Waals surface area contributed by atoms with Crippen molar-refractivity contribution in [2.75, 3.05) is 20.2 Å². The van der Waals surface area contributed by atoms with E-state index >= 15 is 0 Å². The van der Waals surface area contributed by atoms with Crippen molar-refractivity contribution in [1.82, 2.24) is 10.2 Å². The molecule has 122 valence electrons. The van der Waals surface area contributed by atoms with Crippen LogP contribution in [0.4, 0.5) is 4.79 Å². The molecule has 0 aromatic heterocycles. The van der Waals surface area contributed by atoms with Crippen molar-refractivity contribution in [3.05, 3.63) is 0 Å². The first-order valence-electron chi connectivity index (χ1n) is 7.20. The van der Waals surface area contributed by atoms with Crippen LogP contribution in [0.1, 0.15) is 40.0 Å². The van der Waals surface area contributed by atoms with E-state index in [1.54, 1.807) is 4.90 Å². The molecule has 0 saturated heterocycles. The van der Waals surface area contributed by atoms with Crippen molar-refractivity contribution >= 4 is 18.0 Å². The maximum Gasteiger partial charge on any atom is 0.326 e. The van der Waals surface area contributed by atoms with Crippen molar-refractivity contribution in [1.29, 1.82) is 0 Å². The van der Waals surface area contributed by atoms with E-state index in [9.17, 15) is 14.4 Å². The van der Waals surface area contributed by atoms with E-state index in [1.807, 2.05) is 20.8 Å². The van der Waals surface area contributed by atoms with E-state index < -0.39 is 24.0 Å². The molecule has 2 amide bonds. The number of carbonyl (C=O) groups excluding carboxylic acids is 2. The largest absolute Gasteiger partial charge is 0.480 e. The second-order valence-electron chi connectivity index (χ2n) is 5.01. The Morgan fingerprint density at radius 1 is 1.29 bits per heavy atom. The van der Waals surface area contributed by atoms with Crippen molar-refractivity contribution in [2.45, 2.75) is 46.1 Å². The molecule has 0 aromatic carbocycles. The molecular weight excluding hydrogens is 276 g/mol. The summed E-state index contributed by atoms with van der Waals surface area (Å²) in [6.45, 7) is 6.97. The predicted molar refractivity (Wildman–Crippen MR) is 77.9 cm³/mol.